The molecule has 0 heterocycles. The molecule has 0 spiro atoms. The second-order valence-electron chi connectivity index (χ2n) is 4.46. The van der Waals surface area contributed by atoms with Crippen LogP contribution in [0.15, 0.2) is 0 Å². The van der Waals surface area contributed by atoms with E-state index in [1.807, 2.05) is 6.92 Å². The number of carboxylic acid groups (broad SMARTS) is 1. The van der Waals surface area contributed by atoms with Crippen molar-refractivity contribution in [1.82, 2.24) is 10.6 Å². The fourth-order valence-corrected chi connectivity index (χ4v) is 1.57. The summed E-state index contributed by atoms with van der Waals surface area (Å²) in [5.41, 5.74) is 0. The topological polar surface area (TPSA) is 78.4 Å². The fourth-order valence-electron chi connectivity index (χ4n) is 1.57. The summed E-state index contributed by atoms with van der Waals surface area (Å²) in [5, 5.41) is 13.8. The molecule has 1 fully saturated rings. The highest BCUT2D eigenvalue weighted by Crippen LogP contribution is 2.33. The fraction of sp³-hybridized carbons (Fsp3) is 0.818. The van der Waals surface area contributed by atoms with Crippen LogP contribution in [0.4, 0.5) is 4.79 Å². The van der Waals surface area contributed by atoms with Gasteiger partial charge in [0.05, 0.1) is 0 Å². The molecule has 0 aromatic carbocycles. The lowest BCUT2D eigenvalue weighted by Gasteiger charge is -2.18. The number of nitrogens with one attached hydrogen (secondary N) is 2. The lowest BCUT2D eigenvalue weighted by atomic mass is 10.1. The summed E-state index contributed by atoms with van der Waals surface area (Å²) in [6.07, 6.45) is 4.40. The summed E-state index contributed by atoms with van der Waals surface area (Å²) in [4.78, 5) is 22.0. The lowest BCUT2D eigenvalue weighted by Crippen LogP contribution is -2.47. The quantitative estimate of drug-likeness (QED) is 0.642. The molecule has 0 aromatic heterocycles. The molecule has 2 atom stereocenters. The average molecular weight is 228 g/mol. The highest BCUT2D eigenvalue weighted by Gasteiger charge is 2.25. The van der Waals surface area contributed by atoms with E-state index in [1.54, 1.807) is 0 Å². The van der Waals surface area contributed by atoms with Crippen LogP contribution < -0.4 is 10.6 Å². The summed E-state index contributed by atoms with van der Waals surface area (Å²) >= 11 is 0. The maximum absolute atomic E-state index is 11.4. The van der Waals surface area contributed by atoms with Gasteiger partial charge in [-0.2, -0.15) is 0 Å². The van der Waals surface area contributed by atoms with E-state index >= 15 is 0 Å². The van der Waals surface area contributed by atoms with Gasteiger partial charge in [0.2, 0.25) is 0 Å². The van der Waals surface area contributed by atoms with Gasteiger partial charge in [0.1, 0.15) is 6.04 Å². The SMILES string of the molecule is CCC(CC1CC1)NC(=O)N[C@H](C)C(=O)O. The Kier molecular flexibility index (Phi) is 4.58. The van der Waals surface area contributed by atoms with E-state index in [2.05, 4.69) is 10.6 Å². The summed E-state index contributed by atoms with van der Waals surface area (Å²) in [5.74, 6) is -0.271. The molecule has 0 aromatic rings. The number of carbonyl (C=O) groups is 2. The van der Waals surface area contributed by atoms with E-state index < -0.39 is 12.0 Å². The number of urea groups is 1. The minimum absolute atomic E-state index is 0.161. The van der Waals surface area contributed by atoms with Crippen molar-refractivity contribution in [2.24, 2.45) is 5.92 Å². The Morgan fingerprint density at radius 2 is 2.00 bits per heavy atom. The molecule has 1 saturated carbocycles. The first-order valence-corrected chi connectivity index (χ1v) is 5.82. The molecular weight excluding hydrogens is 208 g/mol. The minimum atomic E-state index is -1.02. The van der Waals surface area contributed by atoms with Crippen molar-refractivity contribution < 1.29 is 14.7 Å². The molecule has 1 rings (SSSR count). The first-order valence-electron chi connectivity index (χ1n) is 5.82. The first-order chi connectivity index (χ1) is 7.52. The highest BCUT2D eigenvalue weighted by molar-refractivity contribution is 5.82. The average Bonchev–Trinajstić information content (AvgIpc) is 3.00. The summed E-state index contributed by atoms with van der Waals surface area (Å²) in [6.45, 7) is 3.47. The number of amides is 2. The number of carbonyl (C=O) groups excluding carboxylic acids is 1. The predicted molar refractivity (Wildman–Crippen MR) is 60.2 cm³/mol. The number of rotatable bonds is 6. The van der Waals surface area contributed by atoms with Crippen molar-refractivity contribution in [3.63, 3.8) is 0 Å². The molecule has 0 radical (unpaired) electrons. The Morgan fingerprint density at radius 1 is 1.38 bits per heavy atom. The van der Waals surface area contributed by atoms with Gasteiger partial charge in [-0.1, -0.05) is 19.8 Å². The molecule has 1 aliphatic carbocycles. The van der Waals surface area contributed by atoms with Crippen LogP contribution >= 0.6 is 0 Å². The highest BCUT2D eigenvalue weighted by atomic mass is 16.4. The number of carboxylic acids is 1. The van der Waals surface area contributed by atoms with Crippen molar-refractivity contribution in [2.75, 3.05) is 0 Å². The van der Waals surface area contributed by atoms with Gasteiger partial charge in [0.25, 0.3) is 0 Å². The predicted octanol–water partition coefficient (Wildman–Crippen LogP) is 1.34. The zero-order valence-corrected chi connectivity index (χ0v) is 9.82. The van der Waals surface area contributed by atoms with Crippen LogP contribution in [0.5, 0.6) is 0 Å². The van der Waals surface area contributed by atoms with Gasteiger partial charge in [-0.25, -0.2) is 4.79 Å². The second kappa shape index (κ2) is 5.72. The molecule has 92 valence electrons. The minimum Gasteiger partial charge on any atom is -0.480 e. The van der Waals surface area contributed by atoms with Gasteiger partial charge in [0, 0.05) is 6.04 Å². The Hall–Kier alpha value is -1.26. The molecule has 5 heteroatoms. The van der Waals surface area contributed by atoms with E-state index in [0.29, 0.717) is 0 Å². The smallest absolute Gasteiger partial charge is 0.325 e. The molecular formula is C11H20N2O3. The van der Waals surface area contributed by atoms with Crippen LogP contribution in [0, 0.1) is 5.92 Å². The molecule has 0 bridgehead atoms. The van der Waals surface area contributed by atoms with Gasteiger partial charge >= 0.3 is 12.0 Å². The van der Waals surface area contributed by atoms with E-state index in [-0.39, 0.29) is 12.1 Å². The van der Waals surface area contributed by atoms with E-state index in [4.69, 9.17) is 5.11 Å². The molecule has 5 nitrogen and oxygen atoms in total. The monoisotopic (exact) mass is 228 g/mol. The Bertz CT molecular complexity index is 264. The molecule has 0 saturated heterocycles. The van der Waals surface area contributed by atoms with Crippen LogP contribution in [-0.2, 0) is 4.79 Å². The first kappa shape index (κ1) is 12.8. The Labute approximate surface area is 95.6 Å². The van der Waals surface area contributed by atoms with E-state index in [0.717, 1.165) is 18.8 Å². The van der Waals surface area contributed by atoms with Crippen molar-refractivity contribution in [3.05, 3.63) is 0 Å². The van der Waals surface area contributed by atoms with Crippen molar-refractivity contribution in [3.8, 4) is 0 Å². The van der Waals surface area contributed by atoms with Crippen LogP contribution in [0.3, 0.4) is 0 Å². The van der Waals surface area contributed by atoms with Gasteiger partial charge < -0.3 is 15.7 Å². The largest absolute Gasteiger partial charge is 0.480 e. The number of hydrogen-bond acceptors (Lipinski definition) is 2. The summed E-state index contributed by atoms with van der Waals surface area (Å²) < 4.78 is 0. The summed E-state index contributed by atoms with van der Waals surface area (Å²) in [6, 6.07) is -1.07. The lowest BCUT2D eigenvalue weighted by molar-refractivity contribution is -0.138. The van der Waals surface area contributed by atoms with Gasteiger partial charge in [-0.15, -0.1) is 0 Å². The molecule has 1 unspecified atom stereocenters. The zero-order valence-electron chi connectivity index (χ0n) is 9.82. The van der Waals surface area contributed by atoms with Crippen molar-refractivity contribution >= 4 is 12.0 Å². The number of aliphatic carboxylic acids is 1. The third kappa shape index (κ3) is 4.51. The van der Waals surface area contributed by atoms with Gasteiger partial charge in [-0.3, -0.25) is 4.79 Å². The maximum Gasteiger partial charge on any atom is 0.325 e. The van der Waals surface area contributed by atoms with Crippen LogP contribution in [0.25, 0.3) is 0 Å². The van der Waals surface area contributed by atoms with E-state index in [1.165, 1.54) is 19.8 Å². The molecule has 3 N–H and O–H groups in total. The van der Waals surface area contributed by atoms with Crippen molar-refractivity contribution in [2.45, 2.75) is 51.6 Å². The number of hydrogen-bond donors (Lipinski definition) is 3. The van der Waals surface area contributed by atoms with E-state index in [9.17, 15) is 9.59 Å². The normalized spacial score (nSPS) is 18.6. The molecule has 16 heavy (non-hydrogen) atoms. The zero-order chi connectivity index (χ0) is 12.1. The Morgan fingerprint density at radius 3 is 2.44 bits per heavy atom. The van der Waals surface area contributed by atoms with Crippen LogP contribution in [-0.4, -0.2) is 29.2 Å². The Balaban J connectivity index is 2.27. The van der Waals surface area contributed by atoms with Crippen LogP contribution in [0.1, 0.15) is 39.5 Å². The van der Waals surface area contributed by atoms with Gasteiger partial charge in [0.15, 0.2) is 0 Å². The van der Waals surface area contributed by atoms with Gasteiger partial charge in [-0.05, 0) is 25.7 Å². The van der Waals surface area contributed by atoms with Crippen LogP contribution in [0.2, 0.25) is 0 Å². The third-order valence-electron chi connectivity index (χ3n) is 2.86. The molecule has 0 aliphatic heterocycles. The van der Waals surface area contributed by atoms with Crippen molar-refractivity contribution in [1.29, 1.82) is 0 Å². The molecule has 1 aliphatic rings. The second-order valence-corrected chi connectivity index (χ2v) is 4.46. The summed E-state index contributed by atoms with van der Waals surface area (Å²) in [7, 11) is 0. The third-order valence-corrected chi connectivity index (χ3v) is 2.86. The maximum atomic E-state index is 11.4. The molecule has 2 amide bonds. The standard InChI is InChI=1S/C11H20N2O3/c1-3-9(6-8-4-5-8)13-11(16)12-7(2)10(14)15/h7-9H,3-6H2,1-2H3,(H,14,15)(H2,12,13,16)/t7-,9?/m1/s1.